The van der Waals surface area contributed by atoms with Crippen molar-refractivity contribution in [1.29, 1.82) is 0 Å². The second-order valence-electron chi connectivity index (χ2n) is 9.69. The lowest BCUT2D eigenvalue weighted by molar-refractivity contribution is -0.167. The minimum absolute atomic E-state index is 0.0835. The van der Waals surface area contributed by atoms with Crippen molar-refractivity contribution in [3.63, 3.8) is 0 Å². The molecule has 1 aliphatic rings. The van der Waals surface area contributed by atoms with Crippen molar-refractivity contribution in [2.45, 2.75) is 19.8 Å². The number of phenols is 2. The van der Waals surface area contributed by atoms with E-state index in [9.17, 15) is 39.6 Å². The number of rotatable bonds is 8. The van der Waals surface area contributed by atoms with E-state index >= 15 is 0 Å². The summed E-state index contributed by atoms with van der Waals surface area (Å²) >= 11 is 0. The fourth-order valence-corrected chi connectivity index (χ4v) is 4.86. The molecule has 1 aliphatic heterocycles. The van der Waals surface area contributed by atoms with Gasteiger partial charge >= 0.3 is 23.9 Å². The van der Waals surface area contributed by atoms with Gasteiger partial charge in [-0.3, -0.25) is 19.2 Å². The highest BCUT2D eigenvalue weighted by molar-refractivity contribution is 5.99. The summed E-state index contributed by atoms with van der Waals surface area (Å²) in [7, 11) is 2.78. The van der Waals surface area contributed by atoms with Crippen molar-refractivity contribution in [2.24, 2.45) is 29.6 Å². The summed E-state index contributed by atoms with van der Waals surface area (Å²) < 4.78 is 21.3. The molecule has 216 valence electrons. The Bertz CT molecular complexity index is 1160. The molecular weight excluding hydrogens is 528 g/mol. The van der Waals surface area contributed by atoms with E-state index < -0.39 is 53.5 Å². The summed E-state index contributed by atoms with van der Waals surface area (Å²) in [5, 5.41) is 39.4. The highest BCUT2D eigenvalue weighted by Gasteiger charge is 2.46. The SMILES string of the molecule is COc1cc(C[C@H]2COC(=O)[C@@H](C(=O)O)C(C)[C@@H](C(=O)O)C(=O)OC[C@@H]2Cc2ccc(O)c(OC)c2)ccc1O. The van der Waals surface area contributed by atoms with Crippen molar-refractivity contribution in [3.05, 3.63) is 47.5 Å². The summed E-state index contributed by atoms with van der Waals surface area (Å²) in [5.74, 6) is -11.7. The van der Waals surface area contributed by atoms with Gasteiger partial charge in [-0.15, -0.1) is 0 Å². The first-order valence-electron chi connectivity index (χ1n) is 12.5. The second kappa shape index (κ2) is 13.0. The first-order valence-corrected chi connectivity index (χ1v) is 12.5. The van der Waals surface area contributed by atoms with Crippen molar-refractivity contribution >= 4 is 23.9 Å². The number of esters is 2. The van der Waals surface area contributed by atoms with Crippen molar-refractivity contribution in [1.82, 2.24) is 0 Å². The Morgan fingerprint density at radius 3 is 1.48 bits per heavy atom. The first-order chi connectivity index (χ1) is 19.0. The summed E-state index contributed by atoms with van der Waals surface area (Å²) in [5.41, 5.74) is 1.36. The first kappa shape index (κ1) is 30.1. The smallest absolute Gasteiger partial charge is 0.320 e. The fraction of sp³-hybridized carbons (Fsp3) is 0.429. The molecule has 0 saturated carbocycles. The molecule has 12 nitrogen and oxygen atoms in total. The highest BCUT2D eigenvalue weighted by Crippen LogP contribution is 2.33. The van der Waals surface area contributed by atoms with Gasteiger partial charge in [-0.25, -0.2) is 0 Å². The number of cyclic esters (lactones) is 2. The lowest BCUT2D eigenvalue weighted by atomic mass is 9.82. The number of ether oxygens (including phenoxy) is 4. The van der Waals surface area contributed by atoms with Crippen molar-refractivity contribution in [2.75, 3.05) is 27.4 Å². The number of carboxylic acid groups (broad SMARTS) is 2. The van der Waals surface area contributed by atoms with Crippen LogP contribution in [0.3, 0.4) is 0 Å². The van der Waals surface area contributed by atoms with Gasteiger partial charge in [-0.1, -0.05) is 19.1 Å². The lowest BCUT2D eigenvalue weighted by Gasteiger charge is -2.27. The van der Waals surface area contributed by atoms with Crippen LogP contribution in [0, 0.1) is 29.6 Å². The number of carbonyl (C=O) groups excluding carboxylic acids is 2. The van der Waals surface area contributed by atoms with Crippen molar-refractivity contribution in [3.8, 4) is 23.0 Å². The number of phenolic OH excluding ortho intramolecular Hbond substituents is 2. The summed E-state index contributed by atoms with van der Waals surface area (Å²) in [4.78, 5) is 49.8. The van der Waals surface area contributed by atoms with Gasteiger partial charge in [0.05, 0.1) is 27.4 Å². The van der Waals surface area contributed by atoms with E-state index in [0.717, 1.165) is 0 Å². The molecule has 12 heteroatoms. The van der Waals surface area contributed by atoms with E-state index in [1.54, 1.807) is 24.3 Å². The summed E-state index contributed by atoms with van der Waals surface area (Å²) in [6.45, 7) is 0.639. The number of benzene rings is 2. The molecule has 2 aromatic carbocycles. The Morgan fingerprint density at radius 1 is 0.775 bits per heavy atom. The molecule has 0 amide bonds. The van der Waals surface area contributed by atoms with Gasteiger partial charge in [0.25, 0.3) is 0 Å². The van der Waals surface area contributed by atoms with Crippen LogP contribution in [0.25, 0.3) is 0 Å². The third-order valence-corrected chi connectivity index (χ3v) is 7.12. The van der Waals surface area contributed by atoms with Gasteiger partial charge in [0, 0.05) is 17.8 Å². The minimum Gasteiger partial charge on any atom is -0.504 e. The monoisotopic (exact) mass is 560 g/mol. The molecule has 0 spiro atoms. The average Bonchev–Trinajstić information content (AvgIpc) is 2.91. The molecule has 4 N–H and O–H groups in total. The predicted octanol–water partition coefficient (Wildman–Crippen LogP) is 2.27. The normalized spacial score (nSPS) is 23.7. The molecule has 0 aromatic heterocycles. The number of carboxylic acids is 2. The zero-order chi connectivity index (χ0) is 29.6. The lowest BCUT2D eigenvalue weighted by Crippen LogP contribution is -2.41. The van der Waals surface area contributed by atoms with Gasteiger partial charge in [0.1, 0.15) is 0 Å². The quantitative estimate of drug-likeness (QED) is 0.273. The molecule has 5 atom stereocenters. The fourth-order valence-electron chi connectivity index (χ4n) is 4.86. The number of aromatic hydroxyl groups is 2. The molecule has 1 fully saturated rings. The molecule has 1 unspecified atom stereocenters. The van der Waals surface area contributed by atoms with E-state index in [1.807, 2.05) is 0 Å². The number of hydrogen-bond acceptors (Lipinski definition) is 10. The molecule has 0 radical (unpaired) electrons. The molecule has 2 aromatic rings. The van der Waals surface area contributed by atoms with E-state index in [1.165, 1.54) is 33.3 Å². The van der Waals surface area contributed by atoms with Gasteiger partial charge in [-0.05, 0) is 48.2 Å². The van der Waals surface area contributed by atoms with Gasteiger partial charge in [0.15, 0.2) is 34.8 Å². The molecule has 0 bridgehead atoms. The Hall–Kier alpha value is -4.48. The topological polar surface area (TPSA) is 186 Å². The van der Waals surface area contributed by atoms with E-state index in [-0.39, 0.29) is 49.1 Å². The number of hydrogen-bond donors (Lipinski definition) is 4. The van der Waals surface area contributed by atoms with Gasteiger partial charge in [0.2, 0.25) is 0 Å². The number of methoxy groups -OCH3 is 2. The largest absolute Gasteiger partial charge is 0.504 e. The Morgan fingerprint density at radius 2 is 1.15 bits per heavy atom. The summed E-state index contributed by atoms with van der Waals surface area (Å²) in [6.07, 6.45) is 0.466. The van der Waals surface area contributed by atoms with Crippen LogP contribution in [0.4, 0.5) is 0 Å². The van der Waals surface area contributed by atoms with Gasteiger partial charge in [-0.2, -0.15) is 0 Å². The molecular formula is C28H32O12. The second-order valence-corrected chi connectivity index (χ2v) is 9.69. The highest BCUT2D eigenvalue weighted by atomic mass is 16.5. The number of carbonyl (C=O) groups is 4. The van der Waals surface area contributed by atoms with Crippen LogP contribution in [0.1, 0.15) is 18.1 Å². The molecule has 0 aliphatic carbocycles. The molecule has 1 saturated heterocycles. The minimum atomic E-state index is -1.92. The molecule has 3 rings (SSSR count). The number of aliphatic carboxylic acids is 2. The maximum absolute atomic E-state index is 13.0. The van der Waals surface area contributed by atoms with Crippen LogP contribution in [-0.2, 0) is 41.5 Å². The Balaban J connectivity index is 2.05. The Labute approximate surface area is 230 Å². The zero-order valence-corrected chi connectivity index (χ0v) is 22.2. The maximum Gasteiger partial charge on any atom is 0.320 e. The average molecular weight is 561 g/mol. The van der Waals surface area contributed by atoms with E-state index in [0.29, 0.717) is 11.1 Å². The van der Waals surface area contributed by atoms with Crippen molar-refractivity contribution < 1.29 is 58.6 Å². The predicted molar refractivity (Wildman–Crippen MR) is 137 cm³/mol. The van der Waals surface area contributed by atoms with Crippen LogP contribution >= 0.6 is 0 Å². The standard InChI is InChI=1S/C28H32O12/c1-14-23(25(31)32)27(35)39-12-17(8-15-4-6-19(29)21(10-15)37-2)18(13-40-28(36)24(14)26(33)34)9-16-5-7-20(30)22(11-16)38-3/h4-7,10-11,14,17-18,23-24,29-30H,8-9,12-13H2,1-3H3,(H,31,32)(H,33,34)/t14?,17-,18-,23-,24+/m0/s1. The third kappa shape index (κ3) is 6.93. The third-order valence-electron chi connectivity index (χ3n) is 7.12. The summed E-state index contributed by atoms with van der Waals surface area (Å²) in [6, 6.07) is 9.34. The van der Waals surface area contributed by atoms with E-state index in [2.05, 4.69) is 0 Å². The van der Waals surface area contributed by atoms with Crippen LogP contribution < -0.4 is 9.47 Å². The molecule has 1 heterocycles. The van der Waals surface area contributed by atoms with Crippen LogP contribution in [-0.4, -0.2) is 71.7 Å². The van der Waals surface area contributed by atoms with E-state index in [4.69, 9.17) is 18.9 Å². The molecule has 40 heavy (non-hydrogen) atoms. The van der Waals surface area contributed by atoms with Gasteiger partial charge < -0.3 is 39.4 Å². The Kier molecular flexibility index (Phi) is 9.81. The van der Waals surface area contributed by atoms with Crippen LogP contribution in [0.5, 0.6) is 23.0 Å². The maximum atomic E-state index is 13.0. The van der Waals surface area contributed by atoms with Crippen LogP contribution in [0.2, 0.25) is 0 Å². The zero-order valence-electron chi connectivity index (χ0n) is 22.2. The van der Waals surface area contributed by atoms with Crippen LogP contribution in [0.15, 0.2) is 36.4 Å².